The number of nitrogens with two attached hydrogens (primary N) is 1. The summed E-state index contributed by atoms with van der Waals surface area (Å²) in [4.78, 5) is 16.2. The number of carbonyl (C=O) groups is 1. The molecule has 0 aromatic heterocycles. The molecule has 1 amide bonds. The normalized spacial score (nSPS) is 18.1. The first-order valence-corrected chi connectivity index (χ1v) is 6.79. The largest absolute Gasteiger partial charge is 0.489 e. The van der Waals surface area contributed by atoms with Gasteiger partial charge in [0.15, 0.2) is 0 Å². The number of nitrogens with zero attached hydrogens (tertiary/aromatic N) is 2. The highest BCUT2D eigenvalue weighted by molar-refractivity contribution is 5.83. The lowest BCUT2D eigenvalue weighted by Gasteiger charge is -2.32. The molecule has 5 heteroatoms. The third-order valence-electron chi connectivity index (χ3n) is 3.73. The second-order valence-electron chi connectivity index (χ2n) is 5.09. The third-order valence-corrected chi connectivity index (χ3v) is 3.73. The van der Waals surface area contributed by atoms with E-state index in [1.807, 2.05) is 23.1 Å². The molecular weight excluding hydrogens is 242 g/mol. The monoisotopic (exact) mass is 261 g/mol. The molecule has 1 aromatic rings. The van der Waals surface area contributed by atoms with Gasteiger partial charge in [-0.3, -0.25) is 4.79 Å². The first kappa shape index (κ1) is 12.1. The summed E-state index contributed by atoms with van der Waals surface area (Å²) in [6, 6.07) is 5.60. The van der Waals surface area contributed by atoms with E-state index in [0.717, 1.165) is 43.9 Å². The maximum absolute atomic E-state index is 12.2. The molecule has 2 aliphatic heterocycles. The molecule has 2 N–H and O–H groups in total. The summed E-state index contributed by atoms with van der Waals surface area (Å²) in [5.41, 5.74) is 7.41. The zero-order valence-corrected chi connectivity index (χ0v) is 11.0. The molecule has 102 valence electrons. The third kappa shape index (κ3) is 2.45. The predicted octanol–water partition coefficient (Wildman–Crippen LogP) is 1.09. The minimum absolute atomic E-state index is 0.210. The molecule has 0 atom stereocenters. The Kier molecular flexibility index (Phi) is 3.19. The SMILES string of the molecule is Nc1ccc2c(c1)OCCN2CC(=O)N1CCCC1. The fourth-order valence-corrected chi connectivity index (χ4v) is 2.69. The summed E-state index contributed by atoms with van der Waals surface area (Å²) in [5, 5.41) is 0. The number of rotatable bonds is 2. The highest BCUT2D eigenvalue weighted by atomic mass is 16.5. The number of carbonyl (C=O) groups excluding carboxylic acids is 1. The smallest absolute Gasteiger partial charge is 0.242 e. The molecule has 1 saturated heterocycles. The van der Waals surface area contributed by atoms with Crippen molar-refractivity contribution in [2.45, 2.75) is 12.8 Å². The van der Waals surface area contributed by atoms with Crippen LogP contribution in [0.3, 0.4) is 0 Å². The number of hydrogen-bond acceptors (Lipinski definition) is 4. The lowest BCUT2D eigenvalue weighted by atomic mass is 10.2. The number of nitrogen functional groups attached to an aromatic ring is 1. The van der Waals surface area contributed by atoms with Gasteiger partial charge in [-0.25, -0.2) is 0 Å². The van der Waals surface area contributed by atoms with E-state index < -0.39 is 0 Å². The van der Waals surface area contributed by atoms with Gasteiger partial charge >= 0.3 is 0 Å². The summed E-state index contributed by atoms with van der Waals surface area (Å²) in [5.74, 6) is 0.989. The molecule has 5 nitrogen and oxygen atoms in total. The fourth-order valence-electron chi connectivity index (χ4n) is 2.69. The Bertz CT molecular complexity index is 484. The van der Waals surface area contributed by atoms with Crippen LogP contribution in [0.4, 0.5) is 11.4 Å². The molecule has 3 rings (SSSR count). The standard InChI is InChI=1S/C14H19N3O2/c15-11-3-4-12-13(9-11)19-8-7-17(12)10-14(18)16-5-1-2-6-16/h3-4,9H,1-2,5-8,10,15H2. The Morgan fingerprint density at radius 2 is 2.05 bits per heavy atom. The molecule has 0 spiro atoms. The first-order valence-electron chi connectivity index (χ1n) is 6.79. The molecule has 19 heavy (non-hydrogen) atoms. The summed E-state index contributed by atoms with van der Waals surface area (Å²) in [6.07, 6.45) is 2.25. The molecule has 1 fully saturated rings. The van der Waals surface area contributed by atoms with Crippen molar-refractivity contribution < 1.29 is 9.53 Å². The molecule has 1 aromatic carbocycles. The van der Waals surface area contributed by atoms with E-state index in [-0.39, 0.29) is 5.91 Å². The molecule has 0 aliphatic carbocycles. The molecule has 0 saturated carbocycles. The van der Waals surface area contributed by atoms with E-state index in [2.05, 4.69) is 4.90 Å². The number of ether oxygens (including phenoxy) is 1. The zero-order valence-electron chi connectivity index (χ0n) is 11.0. The van der Waals surface area contributed by atoms with Crippen LogP contribution in [0.15, 0.2) is 18.2 Å². The number of fused-ring (bicyclic) bond motifs is 1. The number of likely N-dealkylation sites (tertiary alicyclic amines) is 1. The second kappa shape index (κ2) is 4.99. The van der Waals surface area contributed by atoms with Gasteiger partial charge in [0.2, 0.25) is 5.91 Å². The van der Waals surface area contributed by atoms with Gasteiger partial charge in [-0.2, -0.15) is 0 Å². The molecular formula is C14H19N3O2. The van der Waals surface area contributed by atoms with Crippen molar-refractivity contribution >= 4 is 17.3 Å². The summed E-state index contributed by atoms with van der Waals surface area (Å²) < 4.78 is 5.60. The van der Waals surface area contributed by atoms with Crippen LogP contribution in [-0.2, 0) is 4.79 Å². The molecule has 0 unspecified atom stereocenters. The minimum Gasteiger partial charge on any atom is -0.489 e. The highest BCUT2D eigenvalue weighted by Gasteiger charge is 2.24. The number of benzene rings is 1. The topological polar surface area (TPSA) is 58.8 Å². The van der Waals surface area contributed by atoms with Crippen molar-refractivity contribution in [3.05, 3.63) is 18.2 Å². The minimum atomic E-state index is 0.210. The predicted molar refractivity (Wildman–Crippen MR) is 74.4 cm³/mol. The second-order valence-corrected chi connectivity index (χ2v) is 5.09. The number of anilines is 2. The van der Waals surface area contributed by atoms with Gasteiger partial charge in [0.1, 0.15) is 12.4 Å². The van der Waals surface area contributed by atoms with Gasteiger partial charge in [0.05, 0.1) is 18.8 Å². The van der Waals surface area contributed by atoms with Crippen LogP contribution < -0.4 is 15.4 Å². The number of amides is 1. The Hall–Kier alpha value is -1.91. The average Bonchev–Trinajstić information content (AvgIpc) is 2.92. The van der Waals surface area contributed by atoms with Crippen LogP contribution in [0.5, 0.6) is 5.75 Å². The fraction of sp³-hybridized carbons (Fsp3) is 0.500. The molecule has 0 bridgehead atoms. The van der Waals surface area contributed by atoms with Crippen molar-refractivity contribution in [3.8, 4) is 5.75 Å². The average molecular weight is 261 g/mol. The lowest BCUT2D eigenvalue weighted by Crippen LogP contribution is -2.42. The first-order chi connectivity index (χ1) is 9.24. The molecule has 0 radical (unpaired) electrons. The van der Waals surface area contributed by atoms with E-state index in [1.165, 1.54) is 0 Å². The Balaban J connectivity index is 1.74. The van der Waals surface area contributed by atoms with Crippen LogP contribution in [-0.4, -0.2) is 43.6 Å². The van der Waals surface area contributed by atoms with E-state index in [4.69, 9.17) is 10.5 Å². The van der Waals surface area contributed by atoms with Crippen molar-refractivity contribution in [2.75, 3.05) is 43.4 Å². The van der Waals surface area contributed by atoms with Crippen molar-refractivity contribution in [2.24, 2.45) is 0 Å². The molecule has 2 aliphatic rings. The lowest BCUT2D eigenvalue weighted by molar-refractivity contribution is -0.128. The van der Waals surface area contributed by atoms with E-state index in [1.54, 1.807) is 0 Å². The quantitative estimate of drug-likeness (QED) is 0.810. The van der Waals surface area contributed by atoms with Crippen LogP contribution in [0.2, 0.25) is 0 Å². The summed E-state index contributed by atoms with van der Waals surface area (Å²) in [7, 11) is 0. The van der Waals surface area contributed by atoms with Crippen LogP contribution in [0.1, 0.15) is 12.8 Å². The van der Waals surface area contributed by atoms with Gasteiger partial charge in [-0.1, -0.05) is 0 Å². The van der Waals surface area contributed by atoms with Gasteiger partial charge in [-0.15, -0.1) is 0 Å². The van der Waals surface area contributed by atoms with Gasteiger partial charge in [0.25, 0.3) is 0 Å². The zero-order chi connectivity index (χ0) is 13.2. The van der Waals surface area contributed by atoms with E-state index >= 15 is 0 Å². The van der Waals surface area contributed by atoms with Crippen molar-refractivity contribution in [1.82, 2.24) is 4.90 Å². The summed E-state index contributed by atoms with van der Waals surface area (Å²) >= 11 is 0. The van der Waals surface area contributed by atoms with Gasteiger partial charge < -0.3 is 20.3 Å². The van der Waals surface area contributed by atoms with Gasteiger partial charge in [0, 0.05) is 24.8 Å². The highest BCUT2D eigenvalue weighted by Crippen LogP contribution is 2.33. The molecule has 2 heterocycles. The number of hydrogen-bond donors (Lipinski definition) is 1. The van der Waals surface area contributed by atoms with Crippen molar-refractivity contribution in [3.63, 3.8) is 0 Å². The van der Waals surface area contributed by atoms with E-state index in [9.17, 15) is 4.79 Å². The maximum Gasteiger partial charge on any atom is 0.242 e. The van der Waals surface area contributed by atoms with Crippen LogP contribution in [0, 0.1) is 0 Å². The Morgan fingerprint density at radius 1 is 1.26 bits per heavy atom. The van der Waals surface area contributed by atoms with Crippen LogP contribution in [0.25, 0.3) is 0 Å². The van der Waals surface area contributed by atoms with Crippen molar-refractivity contribution in [1.29, 1.82) is 0 Å². The Labute approximate surface area is 112 Å². The maximum atomic E-state index is 12.2. The van der Waals surface area contributed by atoms with E-state index in [0.29, 0.717) is 18.8 Å². The van der Waals surface area contributed by atoms with Gasteiger partial charge in [-0.05, 0) is 25.0 Å². The Morgan fingerprint density at radius 3 is 2.84 bits per heavy atom. The summed E-state index contributed by atoms with van der Waals surface area (Å²) in [6.45, 7) is 3.58. The van der Waals surface area contributed by atoms with Crippen LogP contribution >= 0.6 is 0 Å².